The van der Waals surface area contributed by atoms with Gasteiger partial charge in [0, 0.05) is 23.3 Å². The number of aromatic nitrogens is 1. The minimum Gasteiger partial charge on any atom is -0.261 e. The van der Waals surface area contributed by atoms with Gasteiger partial charge in [-0.3, -0.25) is 4.98 Å². The Balaban J connectivity index is 2.74. The van der Waals surface area contributed by atoms with Crippen LogP contribution in [0.3, 0.4) is 0 Å². The van der Waals surface area contributed by atoms with Crippen LogP contribution in [0, 0.1) is 6.92 Å². The number of rotatable bonds is 2. The summed E-state index contributed by atoms with van der Waals surface area (Å²) in [5.74, 6) is 0. The van der Waals surface area contributed by atoms with E-state index in [1.165, 1.54) is 0 Å². The maximum Gasteiger partial charge on any atom is 0.0456 e. The van der Waals surface area contributed by atoms with E-state index in [1.807, 2.05) is 25.3 Å². The summed E-state index contributed by atoms with van der Waals surface area (Å²) < 4.78 is 0. The zero-order valence-corrected chi connectivity index (χ0v) is 7.23. The molecule has 1 aromatic rings. The Morgan fingerprint density at radius 1 is 1.64 bits per heavy atom. The average Bonchev–Trinajstić information content (AvgIpc) is 1.93. The Bertz CT molecular complexity index is 251. The minimum atomic E-state index is 0.626. The number of nitrogens with zero attached hydrogens (tertiary/aromatic N) is 1. The van der Waals surface area contributed by atoms with Gasteiger partial charge in [0.1, 0.15) is 0 Å². The first-order valence-electron chi connectivity index (χ1n) is 3.43. The Kier molecular flexibility index (Phi) is 2.66. The van der Waals surface area contributed by atoms with Crippen LogP contribution in [0.1, 0.15) is 11.3 Å². The van der Waals surface area contributed by atoms with Gasteiger partial charge < -0.3 is 0 Å². The number of hydrogen-bond donors (Lipinski definition) is 0. The quantitative estimate of drug-likeness (QED) is 0.660. The van der Waals surface area contributed by atoms with Crippen LogP contribution in [0.2, 0.25) is 0 Å². The molecule has 11 heavy (non-hydrogen) atoms. The lowest BCUT2D eigenvalue weighted by molar-refractivity contribution is 1.08. The lowest BCUT2D eigenvalue weighted by atomic mass is 10.2. The van der Waals surface area contributed by atoms with Gasteiger partial charge in [0.2, 0.25) is 0 Å². The SMILES string of the molecule is C=C(Cl)Cc1ccc(C)cn1. The van der Waals surface area contributed by atoms with Gasteiger partial charge in [0.05, 0.1) is 0 Å². The van der Waals surface area contributed by atoms with Gasteiger partial charge >= 0.3 is 0 Å². The molecule has 0 fully saturated rings. The summed E-state index contributed by atoms with van der Waals surface area (Å²) in [6, 6.07) is 3.98. The normalized spacial score (nSPS) is 9.64. The molecule has 0 bridgehead atoms. The average molecular weight is 168 g/mol. The van der Waals surface area contributed by atoms with Crippen molar-refractivity contribution < 1.29 is 0 Å². The van der Waals surface area contributed by atoms with Crippen molar-refractivity contribution in [2.24, 2.45) is 0 Å². The van der Waals surface area contributed by atoms with Gasteiger partial charge in [-0.05, 0) is 18.6 Å². The van der Waals surface area contributed by atoms with E-state index in [-0.39, 0.29) is 0 Å². The van der Waals surface area contributed by atoms with Gasteiger partial charge in [0.25, 0.3) is 0 Å². The van der Waals surface area contributed by atoms with E-state index in [0.717, 1.165) is 11.3 Å². The molecule has 1 nitrogen and oxygen atoms in total. The van der Waals surface area contributed by atoms with Crippen LogP contribution in [-0.4, -0.2) is 4.98 Å². The van der Waals surface area contributed by atoms with E-state index in [9.17, 15) is 0 Å². The van der Waals surface area contributed by atoms with Crippen molar-refractivity contribution in [3.8, 4) is 0 Å². The van der Waals surface area contributed by atoms with E-state index >= 15 is 0 Å². The third-order valence-electron chi connectivity index (χ3n) is 1.35. The molecular formula is C9H10ClN. The van der Waals surface area contributed by atoms with Crippen molar-refractivity contribution >= 4 is 11.6 Å². The molecule has 1 aromatic heterocycles. The Morgan fingerprint density at radius 2 is 2.36 bits per heavy atom. The summed E-state index contributed by atoms with van der Waals surface area (Å²) in [6.45, 7) is 5.60. The number of pyridine rings is 1. The van der Waals surface area contributed by atoms with Crippen molar-refractivity contribution in [2.75, 3.05) is 0 Å². The molecule has 1 rings (SSSR count). The molecule has 58 valence electrons. The number of allylic oxidation sites excluding steroid dienone is 1. The zero-order chi connectivity index (χ0) is 8.27. The van der Waals surface area contributed by atoms with Gasteiger partial charge in [0.15, 0.2) is 0 Å². The van der Waals surface area contributed by atoms with Gasteiger partial charge in [-0.15, -0.1) is 0 Å². The zero-order valence-electron chi connectivity index (χ0n) is 6.47. The van der Waals surface area contributed by atoms with Crippen LogP contribution in [0.5, 0.6) is 0 Å². The summed E-state index contributed by atoms with van der Waals surface area (Å²) in [5.41, 5.74) is 2.13. The van der Waals surface area contributed by atoms with Crippen molar-refractivity contribution in [1.82, 2.24) is 4.98 Å². The van der Waals surface area contributed by atoms with Gasteiger partial charge in [-0.1, -0.05) is 24.2 Å². The fourth-order valence-corrected chi connectivity index (χ4v) is 0.936. The van der Waals surface area contributed by atoms with Gasteiger partial charge in [-0.25, -0.2) is 0 Å². The molecule has 0 aliphatic rings. The van der Waals surface area contributed by atoms with E-state index in [4.69, 9.17) is 11.6 Å². The van der Waals surface area contributed by atoms with Crippen LogP contribution in [0.25, 0.3) is 0 Å². The molecule has 0 aliphatic carbocycles. The highest BCUT2D eigenvalue weighted by Crippen LogP contribution is 2.07. The first-order chi connectivity index (χ1) is 5.18. The van der Waals surface area contributed by atoms with Crippen LogP contribution < -0.4 is 0 Å². The van der Waals surface area contributed by atoms with E-state index in [0.29, 0.717) is 11.5 Å². The molecule has 0 unspecified atom stereocenters. The van der Waals surface area contributed by atoms with Crippen LogP contribution in [-0.2, 0) is 6.42 Å². The van der Waals surface area contributed by atoms with E-state index in [2.05, 4.69) is 11.6 Å². The van der Waals surface area contributed by atoms with Crippen LogP contribution in [0.4, 0.5) is 0 Å². The fourth-order valence-electron chi connectivity index (χ4n) is 0.800. The molecule has 0 spiro atoms. The van der Waals surface area contributed by atoms with Crippen molar-refractivity contribution in [2.45, 2.75) is 13.3 Å². The lowest BCUT2D eigenvalue weighted by Crippen LogP contribution is -1.88. The largest absolute Gasteiger partial charge is 0.261 e. The molecule has 0 radical (unpaired) electrons. The third kappa shape index (κ3) is 2.72. The highest BCUT2D eigenvalue weighted by Gasteiger charge is 1.94. The second kappa shape index (κ2) is 3.54. The summed E-state index contributed by atoms with van der Waals surface area (Å²) >= 11 is 5.62. The van der Waals surface area contributed by atoms with Crippen molar-refractivity contribution in [3.05, 3.63) is 41.2 Å². The highest BCUT2D eigenvalue weighted by atomic mass is 35.5. The van der Waals surface area contributed by atoms with Crippen molar-refractivity contribution in [3.63, 3.8) is 0 Å². The molecule has 0 aliphatic heterocycles. The summed E-state index contributed by atoms with van der Waals surface area (Å²) in [4.78, 5) is 4.17. The summed E-state index contributed by atoms with van der Waals surface area (Å²) in [6.07, 6.45) is 2.48. The summed E-state index contributed by atoms with van der Waals surface area (Å²) in [5, 5.41) is 0.626. The Hall–Kier alpha value is -0.820. The lowest BCUT2D eigenvalue weighted by Gasteiger charge is -1.97. The Morgan fingerprint density at radius 3 is 2.82 bits per heavy atom. The molecule has 0 aromatic carbocycles. The molecule has 0 atom stereocenters. The summed E-state index contributed by atoms with van der Waals surface area (Å²) in [7, 11) is 0. The third-order valence-corrected chi connectivity index (χ3v) is 1.48. The second-order valence-corrected chi connectivity index (χ2v) is 3.06. The first kappa shape index (κ1) is 8.28. The maximum absolute atomic E-state index is 5.62. The second-order valence-electron chi connectivity index (χ2n) is 2.52. The molecule has 1 heterocycles. The topological polar surface area (TPSA) is 12.9 Å². The Labute approximate surface area is 71.7 Å². The maximum atomic E-state index is 5.62. The number of hydrogen-bond acceptors (Lipinski definition) is 1. The van der Waals surface area contributed by atoms with Gasteiger partial charge in [-0.2, -0.15) is 0 Å². The monoisotopic (exact) mass is 167 g/mol. The van der Waals surface area contributed by atoms with E-state index in [1.54, 1.807) is 0 Å². The fraction of sp³-hybridized carbons (Fsp3) is 0.222. The first-order valence-corrected chi connectivity index (χ1v) is 3.81. The standard InChI is InChI=1S/C9H10ClN/c1-7-3-4-9(11-6-7)5-8(2)10/h3-4,6H,2,5H2,1H3. The number of halogens is 1. The smallest absolute Gasteiger partial charge is 0.0456 e. The number of aryl methyl sites for hydroxylation is 1. The van der Waals surface area contributed by atoms with Crippen LogP contribution in [0.15, 0.2) is 29.9 Å². The predicted molar refractivity (Wildman–Crippen MR) is 47.7 cm³/mol. The predicted octanol–water partition coefficient (Wildman–Crippen LogP) is 2.69. The minimum absolute atomic E-state index is 0.626. The molecule has 0 saturated heterocycles. The van der Waals surface area contributed by atoms with E-state index < -0.39 is 0 Å². The molecule has 0 saturated carbocycles. The molecule has 2 heteroatoms. The van der Waals surface area contributed by atoms with Crippen LogP contribution >= 0.6 is 11.6 Å². The van der Waals surface area contributed by atoms with Crippen molar-refractivity contribution in [1.29, 1.82) is 0 Å². The molecular weight excluding hydrogens is 158 g/mol. The highest BCUT2D eigenvalue weighted by molar-refractivity contribution is 6.29. The molecule has 0 amide bonds. The molecule has 0 N–H and O–H groups in total.